The van der Waals surface area contributed by atoms with Gasteiger partial charge in [-0.25, -0.2) is 0 Å². The molecule has 132 valence electrons. The van der Waals surface area contributed by atoms with E-state index in [1.807, 2.05) is 0 Å². The molecule has 0 heterocycles. The topological polar surface area (TPSA) is 75.7 Å². The standard InChI is InChI=1S/C11H21NO3.C4H9NO.CH4/c1-4-6-7-8-15-11(14)9-12(3)10(13)5-2;1-4(6)3-5-2;/h4-9H2,1-3H3;5H,3H2,1-2H3;1H4. The molecule has 0 saturated carbocycles. The number of esters is 1. The summed E-state index contributed by atoms with van der Waals surface area (Å²) < 4.78 is 4.98. The number of nitrogens with one attached hydrogen (secondary N) is 1. The Morgan fingerprint density at radius 3 is 2.09 bits per heavy atom. The minimum atomic E-state index is -0.324. The second-order valence-corrected chi connectivity index (χ2v) is 4.76. The summed E-state index contributed by atoms with van der Waals surface area (Å²) in [5.41, 5.74) is 0. The van der Waals surface area contributed by atoms with Crippen molar-refractivity contribution >= 4 is 17.7 Å². The summed E-state index contributed by atoms with van der Waals surface area (Å²) >= 11 is 0. The highest BCUT2D eigenvalue weighted by atomic mass is 16.5. The van der Waals surface area contributed by atoms with E-state index in [2.05, 4.69) is 12.2 Å². The van der Waals surface area contributed by atoms with Crippen molar-refractivity contribution in [3.63, 3.8) is 0 Å². The first-order valence-electron chi connectivity index (χ1n) is 7.42. The lowest BCUT2D eigenvalue weighted by Crippen LogP contribution is -2.32. The zero-order chi connectivity index (χ0) is 16.7. The zero-order valence-electron chi connectivity index (χ0n) is 14.0. The van der Waals surface area contributed by atoms with Gasteiger partial charge in [0.2, 0.25) is 5.91 Å². The van der Waals surface area contributed by atoms with Crippen molar-refractivity contribution in [3.8, 4) is 0 Å². The maximum Gasteiger partial charge on any atom is 0.325 e. The van der Waals surface area contributed by atoms with Gasteiger partial charge in [0.1, 0.15) is 12.3 Å². The van der Waals surface area contributed by atoms with Crippen molar-refractivity contribution in [2.75, 3.05) is 33.8 Å². The average Bonchev–Trinajstić information content (AvgIpc) is 2.43. The van der Waals surface area contributed by atoms with Crippen LogP contribution in [0.3, 0.4) is 0 Å². The van der Waals surface area contributed by atoms with Crippen molar-refractivity contribution < 1.29 is 19.1 Å². The monoisotopic (exact) mass is 318 g/mol. The molecule has 0 aliphatic carbocycles. The number of carbonyl (C=O) groups excluding carboxylic acids is 3. The summed E-state index contributed by atoms with van der Waals surface area (Å²) in [5, 5.41) is 2.72. The van der Waals surface area contributed by atoms with E-state index in [9.17, 15) is 14.4 Å². The Morgan fingerprint density at radius 2 is 1.73 bits per heavy atom. The van der Waals surface area contributed by atoms with Gasteiger partial charge >= 0.3 is 5.97 Å². The van der Waals surface area contributed by atoms with Crippen molar-refractivity contribution in [3.05, 3.63) is 0 Å². The fourth-order valence-electron chi connectivity index (χ4n) is 1.38. The molecule has 0 aromatic heterocycles. The van der Waals surface area contributed by atoms with E-state index in [0.29, 0.717) is 19.6 Å². The Hall–Kier alpha value is -1.43. The number of carbonyl (C=O) groups is 3. The second-order valence-electron chi connectivity index (χ2n) is 4.76. The quantitative estimate of drug-likeness (QED) is 0.520. The minimum absolute atomic E-state index is 0. The molecule has 0 bridgehead atoms. The third-order valence-electron chi connectivity index (χ3n) is 2.53. The smallest absolute Gasteiger partial charge is 0.325 e. The second kappa shape index (κ2) is 17.6. The van der Waals surface area contributed by atoms with E-state index in [0.717, 1.165) is 19.3 Å². The van der Waals surface area contributed by atoms with Crippen molar-refractivity contribution in [2.45, 2.75) is 53.9 Å². The molecular weight excluding hydrogens is 284 g/mol. The van der Waals surface area contributed by atoms with E-state index >= 15 is 0 Å². The van der Waals surface area contributed by atoms with Crippen molar-refractivity contribution in [1.29, 1.82) is 0 Å². The number of ether oxygens (including phenoxy) is 1. The molecule has 0 aromatic rings. The van der Waals surface area contributed by atoms with Crippen LogP contribution in [0.25, 0.3) is 0 Å². The maximum absolute atomic E-state index is 11.2. The predicted molar refractivity (Wildman–Crippen MR) is 89.8 cm³/mol. The molecule has 0 aliphatic rings. The van der Waals surface area contributed by atoms with Crippen LogP contribution in [0.4, 0.5) is 0 Å². The Kier molecular flexibility index (Phi) is 20.4. The predicted octanol–water partition coefficient (Wildman–Crippen LogP) is 2.02. The third kappa shape index (κ3) is 18.6. The SMILES string of the molecule is C.CCCCCOC(=O)CN(C)C(=O)CC.CNCC(C)=O. The van der Waals surface area contributed by atoms with Gasteiger partial charge in [-0.2, -0.15) is 0 Å². The lowest BCUT2D eigenvalue weighted by molar-refractivity contribution is -0.148. The number of hydrogen-bond acceptors (Lipinski definition) is 5. The van der Waals surface area contributed by atoms with E-state index in [4.69, 9.17) is 4.74 Å². The lowest BCUT2D eigenvalue weighted by atomic mass is 10.3. The molecule has 0 rings (SSSR count). The highest BCUT2D eigenvalue weighted by Crippen LogP contribution is 1.96. The number of ketones is 1. The molecule has 0 aliphatic heterocycles. The van der Waals surface area contributed by atoms with E-state index in [1.165, 1.54) is 4.90 Å². The van der Waals surface area contributed by atoms with Crippen LogP contribution in [0.2, 0.25) is 0 Å². The molecule has 0 atom stereocenters. The summed E-state index contributed by atoms with van der Waals surface area (Å²) in [6.07, 6.45) is 3.48. The molecule has 0 unspecified atom stereocenters. The molecule has 0 radical (unpaired) electrons. The van der Waals surface area contributed by atoms with Crippen LogP contribution < -0.4 is 5.32 Å². The molecule has 0 fully saturated rings. The van der Waals surface area contributed by atoms with Gasteiger partial charge in [0, 0.05) is 13.5 Å². The Morgan fingerprint density at radius 1 is 1.14 bits per heavy atom. The fourth-order valence-corrected chi connectivity index (χ4v) is 1.38. The van der Waals surface area contributed by atoms with Crippen LogP contribution in [0.5, 0.6) is 0 Å². The summed E-state index contributed by atoms with van der Waals surface area (Å²) in [5.74, 6) is -0.187. The van der Waals surface area contributed by atoms with Crippen LogP contribution in [-0.4, -0.2) is 56.4 Å². The molecule has 1 N–H and O–H groups in total. The lowest BCUT2D eigenvalue weighted by Gasteiger charge is -2.15. The molecule has 6 nitrogen and oxygen atoms in total. The Bertz CT molecular complexity index is 307. The molecule has 1 amide bonds. The average molecular weight is 318 g/mol. The van der Waals surface area contributed by atoms with Crippen LogP contribution in [0, 0.1) is 0 Å². The van der Waals surface area contributed by atoms with Gasteiger partial charge in [0.05, 0.1) is 13.2 Å². The highest BCUT2D eigenvalue weighted by Gasteiger charge is 2.11. The minimum Gasteiger partial charge on any atom is -0.464 e. The highest BCUT2D eigenvalue weighted by molar-refractivity contribution is 5.81. The van der Waals surface area contributed by atoms with Gasteiger partial charge in [-0.05, 0) is 20.4 Å². The molecular formula is C16H34N2O4. The number of nitrogens with zero attached hydrogens (tertiary/aromatic N) is 1. The van der Waals surface area contributed by atoms with Crippen molar-refractivity contribution in [1.82, 2.24) is 10.2 Å². The van der Waals surface area contributed by atoms with E-state index < -0.39 is 0 Å². The fraction of sp³-hybridized carbons (Fsp3) is 0.812. The Balaban J connectivity index is -0.000000439. The molecule has 22 heavy (non-hydrogen) atoms. The number of unbranched alkanes of at least 4 members (excludes halogenated alkanes) is 2. The number of likely N-dealkylation sites (N-methyl/N-ethyl adjacent to an activating group) is 2. The van der Waals surface area contributed by atoms with Gasteiger partial charge < -0.3 is 15.0 Å². The van der Waals surface area contributed by atoms with E-state index in [-0.39, 0.29) is 31.6 Å². The van der Waals surface area contributed by atoms with Gasteiger partial charge in [-0.3, -0.25) is 14.4 Å². The number of hydrogen-bond donors (Lipinski definition) is 1. The third-order valence-corrected chi connectivity index (χ3v) is 2.53. The largest absolute Gasteiger partial charge is 0.464 e. The first-order valence-corrected chi connectivity index (χ1v) is 7.42. The summed E-state index contributed by atoms with van der Waals surface area (Å²) in [7, 11) is 3.36. The van der Waals surface area contributed by atoms with Crippen LogP contribution >= 0.6 is 0 Å². The number of Topliss-reactive ketones (excluding diaryl/α,β-unsaturated/α-hetero) is 1. The summed E-state index contributed by atoms with van der Waals surface area (Å²) in [6.45, 7) is 6.41. The van der Waals surface area contributed by atoms with Crippen LogP contribution in [-0.2, 0) is 19.1 Å². The number of amides is 1. The van der Waals surface area contributed by atoms with Crippen LogP contribution in [0.15, 0.2) is 0 Å². The van der Waals surface area contributed by atoms with Crippen LogP contribution in [0.1, 0.15) is 53.9 Å². The van der Waals surface area contributed by atoms with Gasteiger partial charge in [0.25, 0.3) is 0 Å². The molecule has 0 aromatic carbocycles. The summed E-state index contributed by atoms with van der Waals surface area (Å²) in [6, 6.07) is 0. The van der Waals surface area contributed by atoms with Gasteiger partial charge in [-0.1, -0.05) is 34.1 Å². The van der Waals surface area contributed by atoms with E-state index in [1.54, 1.807) is 27.9 Å². The number of rotatable bonds is 9. The normalized spacial score (nSPS) is 8.95. The first kappa shape index (κ1) is 25.5. The molecule has 0 spiro atoms. The maximum atomic E-state index is 11.2. The Labute approximate surface area is 135 Å². The molecule has 6 heteroatoms. The van der Waals surface area contributed by atoms with Crippen molar-refractivity contribution in [2.24, 2.45) is 0 Å². The first-order chi connectivity index (χ1) is 9.88. The van der Waals surface area contributed by atoms with Gasteiger partial charge in [0.15, 0.2) is 0 Å². The zero-order valence-corrected chi connectivity index (χ0v) is 14.0. The summed E-state index contributed by atoms with van der Waals surface area (Å²) in [4.78, 5) is 33.7. The molecule has 0 saturated heterocycles. The van der Waals surface area contributed by atoms with Gasteiger partial charge in [-0.15, -0.1) is 0 Å².